The Balaban J connectivity index is 1.54. The number of pyridine rings is 1. The Hall–Kier alpha value is -5.92. The molecule has 0 saturated carbocycles. The molecule has 4 aromatic carbocycles. The summed E-state index contributed by atoms with van der Waals surface area (Å²) in [7, 11) is 0. The van der Waals surface area contributed by atoms with E-state index in [2.05, 4.69) is 67.8 Å². The minimum Gasteiger partial charge on any atom is -0.248 e. The van der Waals surface area contributed by atoms with Crippen LogP contribution in [0.3, 0.4) is 0 Å². The van der Waals surface area contributed by atoms with Gasteiger partial charge in [0, 0.05) is 22.3 Å². The minimum absolute atomic E-state index is 0.553. The summed E-state index contributed by atoms with van der Waals surface area (Å²) in [6.45, 7) is 7.86. The monoisotopic (exact) mass is 538 g/mol. The van der Waals surface area contributed by atoms with Crippen molar-refractivity contribution in [1.82, 2.24) is 15.0 Å². The van der Waals surface area contributed by atoms with Gasteiger partial charge in [0.1, 0.15) is 0 Å². The molecule has 0 aliphatic carbocycles. The smallest absolute Gasteiger partial charge is 0.0991 e. The molecule has 0 fully saturated rings. The Morgan fingerprint density at radius 1 is 0.476 bits per heavy atom. The van der Waals surface area contributed by atoms with Crippen molar-refractivity contribution >= 4 is 12.2 Å². The summed E-state index contributed by atoms with van der Waals surface area (Å²) < 4.78 is 0. The van der Waals surface area contributed by atoms with Gasteiger partial charge in [-0.2, -0.15) is 5.26 Å². The third-order valence-corrected chi connectivity index (χ3v) is 7.04. The van der Waals surface area contributed by atoms with Crippen LogP contribution in [0.15, 0.2) is 134 Å². The number of rotatable bonds is 7. The second kappa shape index (κ2) is 11.7. The molecule has 0 bridgehead atoms. The fraction of sp³-hybridized carbons (Fsp3) is 0. The van der Waals surface area contributed by atoms with Crippen molar-refractivity contribution in [2.75, 3.05) is 0 Å². The van der Waals surface area contributed by atoms with E-state index in [9.17, 15) is 5.26 Å². The zero-order valence-corrected chi connectivity index (χ0v) is 22.9. The molecule has 0 unspecified atom stereocenters. The second-order valence-electron chi connectivity index (χ2n) is 9.73. The van der Waals surface area contributed by atoms with Gasteiger partial charge in [0.2, 0.25) is 0 Å². The van der Waals surface area contributed by atoms with Crippen LogP contribution in [0.2, 0.25) is 0 Å². The average Bonchev–Trinajstić information content (AvgIpc) is 3.08. The van der Waals surface area contributed by atoms with Crippen LogP contribution in [0.4, 0.5) is 0 Å². The fourth-order valence-electron chi connectivity index (χ4n) is 4.96. The Kier molecular flexibility index (Phi) is 7.31. The molecule has 0 N–H and O–H groups in total. The minimum atomic E-state index is 0.553. The van der Waals surface area contributed by atoms with E-state index in [1.165, 1.54) is 0 Å². The Morgan fingerprint density at radius 3 is 1.57 bits per heavy atom. The predicted octanol–water partition coefficient (Wildman–Crippen LogP) is 9.36. The highest BCUT2D eigenvalue weighted by Crippen LogP contribution is 2.35. The summed E-state index contributed by atoms with van der Waals surface area (Å²) in [5.41, 5.74) is 10.8. The molecule has 4 heteroatoms. The number of benzene rings is 4. The van der Waals surface area contributed by atoms with Crippen LogP contribution in [-0.2, 0) is 0 Å². The van der Waals surface area contributed by atoms with Crippen LogP contribution in [-0.4, -0.2) is 15.0 Å². The fourth-order valence-corrected chi connectivity index (χ4v) is 4.96. The van der Waals surface area contributed by atoms with Crippen LogP contribution in [0.25, 0.3) is 68.3 Å². The van der Waals surface area contributed by atoms with E-state index in [4.69, 9.17) is 15.0 Å². The van der Waals surface area contributed by atoms with Gasteiger partial charge in [-0.25, -0.2) is 15.0 Å². The number of nitrogens with zero attached hydrogens (tertiary/aromatic N) is 4. The molecule has 2 heterocycles. The first kappa shape index (κ1) is 26.3. The predicted molar refractivity (Wildman–Crippen MR) is 172 cm³/mol. The lowest BCUT2D eigenvalue weighted by atomic mass is 9.97. The van der Waals surface area contributed by atoms with Gasteiger partial charge in [-0.15, -0.1) is 0 Å². The van der Waals surface area contributed by atoms with Gasteiger partial charge in [0.05, 0.1) is 45.8 Å². The van der Waals surface area contributed by atoms with Crippen molar-refractivity contribution in [3.8, 4) is 62.2 Å². The molecule has 0 aliphatic heterocycles. The zero-order valence-electron chi connectivity index (χ0n) is 22.9. The zero-order chi connectivity index (χ0) is 28.9. The first-order chi connectivity index (χ1) is 20.7. The van der Waals surface area contributed by atoms with E-state index >= 15 is 0 Å². The summed E-state index contributed by atoms with van der Waals surface area (Å²) in [5, 5.41) is 9.53. The van der Waals surface area contributed by atoms with Crippen LogP contribution in [0.1, 0.15) is 17.0 Å². The molecule has 2 aromatic heterocycles. The van der Waals surface area contributed by atoms with Crippen molar-refractivity contribution in [2.45, 2.75) is 0 Å². The van der Waals surface area contributed by atoms with Crippen molar-refractivity contribution < 1.29 is 0 Å². The highest BCUT2D eigenvalue weighted by molar-refractivity contribution is 5.84. The number of aromatic nitrogens is 3. The molecule has 0 spiro atoms. The van der Waals surface area contributed by atoms with Crippen LogP contribution in [0, 0.1) is 11.3 Å². The summed E-state index contributed by atoms with van der Waals surface area (Å²) >= 11 is 0. The van der Waals surface area contributed by atoms with E-state index in [0.29, 0.717) is 28.3 Å². The summed E-state index contributed by atoms with van der Waals surface area (Å²) in [5.74, 6) is 0. The van der Waals surface area contributed by atoms with Crippen LogP contribution in [0.5, 0.6) is 0 Å². The third-order valence-electron chi connectivity index (χ3n) is 7.04. The maximum atomic E-state index is 9.53. The molecule has 0 saturated heterocycles. The second-order valence-corrected chi connectivity index (χ2v) is 9.73. The van der Waals surface area contributed by atoms with Gasteiger partial charge in [0.15, 0.2) is 0 Å². The van der Waals surface area contributed by atoms with E-state index in [1.807, 2.05) is 66.7 Å². The Labute approximate surface area is 245 Å². The first-order valence-corrected chi connectivity index (χ1v) is 13.6. The molecule has 0 atom stereocenters. The first-order valence-electron chi connectivity index (χ1n) is 13.6. The highest BCUT2D eigenvalue weighted by atomic mass is 14.8. The lowest BCUT2D eigenvalue weighted by Gasteiger charge is -2.14. The quantitative estimate of drug-likeness (QED) is 0.203. The molecule has 6 rings (SSSR count). The Bertz CT molecular complexity index is 1910. The van der Waals surface area contributed by atoms with Gasteiger partial charge in [-0.05, 0) is 53.6 Å². The van der Waals surface area contributed by atoms with Crippen molar-refractivity contribution in [3.05, 3.63) is 151 Å². The maximum absolute atomic E-state index is 9.53. The molecule has 4 nitrogen and oxygen atoms in total. The van der Waals surface area contributed by atoms with E-state index < -0.39 is 0 Å². The standard InChI is InChI=1S/C38H26N4/c1-3-33-34(4-2)42-38(37(41-33)30-19-11-13-26(21-30)25-39)31-20-12-18-29(22-31)36-24-32(27-14-7-5-8-15-27)23-35(40-36)28-16-9-6-10-17-28/h3-24H,1-2H2. The van der Waals surface area contributed by atoms with E-state index in [-0.39, 0.29) is 0 Å². The van der Waals surface area contributed by atoms with E-state index in [0.717, 1.165) is 44.8 Å². The molecule has 0 radical (unpaired) electrons. The highest BCUT2D eigenvalue weighted by Gasteiger charge is 2.17. The SMILES string of the molecule is C=Cc1nc(-c2cccc(C#N)c2)c(-c2cccc(-c3cc(-c4ccccc4)cc(-c4ccccc4)n3)c2)nc1C=C. The van der Waals surface area contributed by atoms with Gasteiger partial charge >= 0.3 is 0 Å². The Morgan fingerprint density at radius 2 is 0.976 bits per heavy atom. The van der Waals surface area contributed by atoms with Crippen molar-refractivity contribution in [2.24, 2.45) is 0 Å². The summed E-state index contributed by atoms with van der Waals surface area (Å²) in [6, 6.07) is 42.6. The molecule has 42 heavy (non-hydrogen) atoms. The number of hydrogen-bond acceptors (Lipinski definition) is 4. The molecule has 0 aliphatic rings. The molecular formula is C38H26N4. The lowest BCUT2D eigenvalue weighted by molar-refractivity contribution is 1.17. The van der Waals surface area contributed by atoms with Gasteiger partial charge < -0.3 is 0 Å². The molecular weight excluding hydrogens is 512 g/mol. The lowest BCUT2D eigenvalue weighted by Crippen LogP contribution is -2.00. The third kappa shape index (κ3) is 5.28. The number of nitriles is 1. The molecule has 6 aromatic rings. The summed E-state index contributed by atoms with van der Waals surface area (Å²) in [6.07, 6.45) is 3.36. The van der Waals surface area contributed by atoms with Crippen LogP contribution >= 0.6 is 0 Å². The largest absolute Gasteiger partial charge is 0.248 e. The van der Waals surface area contributed by atoms with Gasteiger partial charge in [0.25, 0.3) is 0 Å². The van der Waals surface area contributed by atoms with Gasteiger partial charge in [-0.1, -0.05) is 104 Å². The average molecular weight is 539 g/mol. The van der Waals surface area contributed by atoms with Crippen molar-refractivity contribution in [3.63, 3.8) is 0 Å². The molecule has 198 valence electrons. The molecule has 0 amide bonds. The topological polar surface area (TPSA) is 62.5 Å². The van der Waals surface area contributed by atoms with Gasteiger partial charge in [-0.3, -0.25) is 0 Å². The normalized spacial score (nSPS) is 10.5. The van der Waals surface area contributed by atoms with E-state index in [1.54, 1.807) is 18.2 Å². The maximum Gasteiger partial charge on any atom is 0.0991 e. The van der Waals surface area contributed by atoms with Crippen LogP contribution < -0.4 is 0 Å². The van der Waals surface area contributed by atoms with Crippen molar-refractivity contribution in [1.29, 1.82) is 5.26 Å². The summed E-state index contributed by atoms with van der Waals surface area (Å²) in [4.78, 5) is 15.0. The number of hydrogen-bond donors (Lipinski definition) is 0.